The largest absolute Gasteiger partial charge is 0.374 e. The molecular weight excluding hydrogens is 233 g/mol. The van der Waals surface area contributed by atoms with E-state index in [0.29, 0.717) is 0 Å². The van der Waals surface area contributed by atoms with Gasteiger partial charge in [0.1, 0.15) is 5.82 Å². The Balaban J connectivity index is 2.13. The maximum atomic E-state index is 13.6. The van der Waals surface area contributed by atoms with E-state index in [0.717, 1.165) is 31.9 Å². The Bertz CT molecular complexity index is 467. The molecule has 1 aliphatic rings. The van der Waals surface area contributed by atoms with Gasteiger partial charge >= 0.3 is 0 Å². The van der Waals surface area contributed by atoms with Crippen LogP contribution in [-0.4, -0.2) is 37.0 Å². The predicted molar refractivity (Wildman–Crippen MR) is 68.9 cm³/mol. The molecular formula is C13H16FN3O. The molecule has 0 radical (unpaired) electrons. The number of carbonyl (C=O) groups is 1. The predicted octanol–water partition coefficient (Wildman–Crippen LogP) is 1.19. The second-order valence-corrected chi connectivity index (χ2v) is 4.23. The molecule has 1 fully saturated rings. The molecule has 1 aliphatic heterocycles. The highest BCUT2D eigenvalue weighted by atomic mass is 19.1. The van der Waals surface area contributed by atoms with Crippen molar-refractivity contribution < 1.29 is 9.18 Å². The van der Waals surface area contributed by atoms with Gasteiger partial charge < -0.3 is 15.5 Å². The van der Waals surface area contributed by atoms with Gasteiger partial charge in [0.15, 0.2) is 0 Å². The molecule has 1 amide bonds. The molecule has 0 spiro atoms. The Labute approximate surface area is 105 Å². The summed E-state index contributed by atoms with van der Waals surface area (Å²) in [4.78, 5) is 15.1. The first-order chi connectivity index (χ1) is 8.61. The summed E-state index contributed by atoms with van der Waals surface area (Å²) < 4.78 is 13.6. The maximum Gasteiger partial charge on any atom is 0.251 e. The molecule has 1 saturated heterocycles. The molecule has 1 aromatic rings. The van der Waals surface area contributed by atoms with Crippen LogP contribution in [0.2, 0.25) is 0 Å². The number of amides is 1. The molecule has 2 rings (SSSR count). The number of nitrogens with two attached hydrogens (primary N) is 1. The van der Waals surface area contributed by atoms with Crippen molar-refractivity contribution in [3.8, 4) is 0 Å². The molecule has 18 heavy (non-hydrogen) atoms. The van der Waals surface area contributed by atoms with Gasteiger partial charge in [-0.25, -0.2) is 4.39 Å². The Morgan fingerprint density at radius 3 is 2.50 bits per heavy atom. The van der Waals surface area contributed by atoms with Gasteiger partial charge in [-0.2, -0.15) is 0 Å². The van der Waals surface area contributed by atoms with E-state index in [1.54, 1.807) is 6.07 Å². The van der Waals surface area contributed by atoms with Gasteiger partial charge in [0, 0.05) is 31.9 Å². The third-order valence-corrected chi connectivity index (χ3v) is 3.16. The quantitative estimate of drug-likeness (QED) is 0.875. The third-order valence-electron chi connectivity index (χ3n) is 3.16. The molecule has 0 aliphatic carbocycles. The van der Waals surface area contributed by atoms with E-state index >= 15 is 0 Å². The fourth-order valence-corrected chi connectivity index (χ4v) is 2.06. The molecule has 0 bridgehead atoms. The van der Waals surface area contributed by atoms with E-state index in [9.17, 15) is 9.18 Å². The summed E-state index contributed by atoms with van der Waals surface area (Å²) in [6.45, 7) is 7.06. The second kappa shape index (κ2) is 5.08. The van der Waals surface area contributed by atoms with Gasteiger partial charge in [0.25, 0.3) is 5.91 Å². The topological polar surface area (TPSA) is 49.6 Å². The SMILES string of the molecule is C=CN1CCN(c2ccc(C(N)=O)c(F)c2)CC1. The lowest BCUT2D eigenvalue weighted by molar-refractivity contribution is 0.0996. The Morgan fingerprint density at radius 1 is 1.33 bits per heavy atom. The molecule has 4 nitrogen and oxygen atoms in total. The van der Waals surface area contributed by atoms with Gasteiger partial charge in [-0.3, -0.25) is 4.79 Å². The fraction of sp³-hybridized carbons (Fsp3) is 0.308. The van der Waals surface area contributed by atoms with Crippen LogP contribution < -0.4 is 10.6 Å². The number of halogens is 1. The van der Waals surface area contributed by atoms with Gasteiger partial charge in [-0.1, -0.05) is 6.58 Å². The van der Waals surface area contributed by atoms with Crippen molar-refractivity contribution >= 4 is 11.6 Å². The summed E-state index contributed by atoms with van der Waals surface area (Å²) in [5.74, 6) is -1.30. The van der Waals surface area contributed by atoms with Crippen LogP contribution in [0.4, 0.5) is 10.1 Å². The number of piperazine rings is 1. The third kappa shape index (κ3) is 2.45. The Hall–Kier alpha value is -2.04. The minimum absolute atomic E-state index is 0.0662. The number of carbonyl (C=O) groups excluding carboxylic acids is 1. The molecule has 0 aromatic heterocycles. The van der Waals surface area contributed by atoms with Crippen LogP contribution in [0, 0.1) is 5.82 Å². The van der Waals surface area contributed by atoms with Crippen molar-refractivity contribution in [2.75, 3.05) is 31.1 Å². The van der Waals surface area contributed by atoms with Crippen LogP contribution in [0.25, 0.3) is 0 Å². The molecule has 0 unspecified atom stereocenters. The van der Waals surface area contributed by atoms with Gasteiger partial charge in [-0.15, -0.1) is 0 Å². The van der Waals surface area contributed by atoms with Crippen LogP contribution in [0.1, 0.15) is 10.4 Å². The average molecular weight is 249 g/mol. The molecule has 1 heterocycles. The highest BCUT2D eigenvalue weighted by molar-refractivity contribution is 5.93. The standard InChI is InChI=1S/C13H16FN3O/c1-2-16-5-7-17(8-6-16)10-3-4-11(13(15)18)12(14)9-10/h2-4,9H,1,5-8H2,(H2,15,18). The summed E-state index contributed by atoms with van der Waals surface area (Å²) in [7, 11) is 0. The van der Waals surface area contributed by atoms with E-state index < -0.39 is 11.7 Å². The Kier molecular flexibility index (Phi) is 3.50. The first-order valence-corrected chi connectivity index (χ1v) is 5.82. The first kappa shape index (κ1) is 12.4. The molecule has 96 valence electrons. The van der Waals surface area contributed by atoms with Crippen LogP contribution in [0.15, 0.2) is 31.0 Å². The molecule has 2 N–H and O–H groups in total. The van der Waals surface area contributed by atoms with Crippen molar-refractivity contribution in [1.82, 2.24) is 4.90 Å². The summed E-state index contributed by atoms with van der Waals surface area (Å²) in [6.07, 6.45) is 1.81. The first-order valence-electron chi connectivity index (χ1n) is 5.82. The highest BCUT2D eigenvalue weighted by Gasteiger charge is 2.16. The number of hydrogen-bond donors (Lipinski definition) is 1. The van der Waals surface area contributed by atoms with Crippen molar-refractivity contribution in [3.63, 3.8) is 0 Å². The number of anilines is 1. The monoisotopic (exact) mass is 249 g/mol. The maximum absolute atomic E-state index is 13.6. The van der Waals surface area contributed by atoms with Crippen LogP contribution in [0.3, 0.4) is 0 Å². The van der Waals surface area contributed by atoms with Crippen LogP contribution >= 0.6 is 0 Å². The summed E-state index contributed by atoms with van der Waals surface area (Å²) in [5.41, 5.74) is 5.78. The number of benzene rings is 1. The van der Waals surface area contributed by atoms with Crippen molar-refractivity contribution in [2.45, 2.75) is 0 Å². The Morgan fingerprint density at radius 2 is 2.00 bits per heavy atom. The number of nitrogens with zero attached hydrogens (tertiary/aromatic N) is 2. The van der Waals surface area contributed by atoms with Crippen LogP contribution in [-0.2, 0) is 0 Å². The zero-order valence-corrected chi connectivity index (χ0v) is 10.1. The normalized spacial score (nSPS) is 15.6. The van der Waals surface area contributed by atoms with E-state index in [4.69, 9.17) is 5.73 Å². The molecule has 5 heteroatoms. The van der Waals surface area contributed by atoms with E-state index in [-0.39, 0.29) is 5.56 Å². The molecule has 0 saturated carbocycles. The summed E-state index contributed by atoms with van der Waals surface area (Å²) >= 11 is 0. The zero-order chi connectivity index (χ0) is 13.1. The summed E-state index contributed by atoms with van der Waals surface area (Å²) in [6, 6.07) is 4.53. The smallest absolute Gasteiger partial charge is 0.251 e. The number of hydrogen-bond acceptors (Lipinski definition) is 3. The highest BCUT2D eigenvalue weighted by Crippen LogP contribution is 2.20. The second-order valence-electron chi connectivity index (χ2n) is 4.23. The van der Waals surface area contributed by atoms with Gasteiger partial charge in [-0.05, 0) is 24.4 Å². The molecule has 0 atom stereocenters. The minimum atomic E-state index is -0.740. The lowest BCUT2D eigenvalue weighted by Gasteiger charge is -2.35. The minimum Gasteiger partial charge on any atom is -0.374 e. The van der Waals surface area contributed by atoms with Crippen molar-refractivity contribution in [3.05, 3.63) is 42.4 Å². The van der Waals surface area contributed by atoms with E-state index in [2.05, 4.69) is 16.4 Å². The number of rotatable bonds is 3. The van der Waals surface area contributed by atoms with Crippen LogP contribution in [0.5, 0.6) is 0 Å². The van der Waals surface area contributed by atoms with Crippen molar-refractivity contribution in [1.29, 1.82) is 0 Å². The molecule has 1 aromatic carbocycles. The number of primary amides is 1. The van der Waals surface area contributed by atoms with E-state index in [1.807, 2.05) is 6.20 Å². The lowest BCUT2D eigenvalue weighted by Crippen LogP contribution is -2.44. The van der Waals surface area contributed by atoms with E-state index in [1.165, 1.54) is 12.1 Å². The average Bonchev–Trinajstić information content (AvgIpc) is 2.38. The van der Waals surface area contributed by atoms with Gasteiger partial charge in [0.2, 0.25) is 0 Å². The summed E-state index contributed by atoms with van der Waals surface area (Å²) in [5, 5.41) is 0. The fourth-order valence-electron chi connectivity index (χ4n) is 2.06. The van der Waals surface area contributed by atoms with Gasteiger partial charge in [0.05, 0.1) is 5.56 Å². The van der Waals surface area contributed by atoms with Crippen molar-refractivity contribution in [2.24, 2.45) is 5.73 Å². The zero-order valence-electron chi connectivity index (χ0n) is 10.1. The lowest BCUT2D eigenvalue weighted by atomic mass is 10.1.